The van der Waals surface area contributed by atoms with Crippen molar-refractivity contribution in [3.05, 3.63) is 59.7 Å². The van der Waals surface area contributed by atoms with E-state index in [0.717, 1.165) is 23.3 Å². The summed E-state index contributed by atoms with van der Waals surface area (Å²) < 4.78 is 11.2. The number of carbonyl (C=O) groups is 2. The van der Waals surface area contributed by atoms with Crippen molar-refractivity contribution >= 4 is 11.8 Å². The van der Waals surface area contributed by atoms with Gasteiger partial charge in [-0.3, -0.25) is 9.59 Å². The highest BCUT2D eigenvalue weighted by atomic mass is 16.5. The predicted octanol–water partition coefficient (Wildman–Crippen LogP) is 4.70. The van der Waals surface area contributed by atoms with Gasteiger partial charge in [-0.2, -0.15) is 0 Å². The average Bonchev–Trinajstić information content (AvgIpc) is 2.80. The highest BCUT2D eigenvalue weighted by molar-refractivity contribution is 5.88. The third kappa shape index (κ3) is 7.52. The third-order valence-corrected chi connectivity index (χ3v) is 5.73. The van der Waals surface area contributed by atoms with Gasteiger partial charge in [-0.05, 0) is 55.0 Å². The van der Waals surface area contributed by atoms with Gasteiger partial charge >= 0.3 is 0 Å². The number of para-hydroxylation sites is 1. The molecule has 0 bridgehead atoms. The second kappa shape index (κ2) is 11.7. The van der Waals surface area contributed by atoms with Crippen molar-refractivity contribution in [2.24, 2.45) is 0 Å². The Morgan fingerprint density at radius 1 is 1.03 bits per heavy atom. The average molecular weight is 455 g/mol. The molecule has 6 nitrogen and oxygen atoms in total. The minimum atomic E-state index is -0.643. The summed E-state index contributed by atoms with van der Waals surface area (Å²) in [7, 11) is 1.61. The molecule has 2 aromatic carbocycles. The number of rotatable bonds is 10. The molecule has 2 atom stereocenters. The number of hydrogen-bond acceptors (Lipinski definition) is 4. The number of nitrogens with one attached hydrogen (secondary N) is 1. The molecule has 2 aromatic rings. The monoisotopic (exact) mass is 454 g/mol. The van der Waals surface area contributed by atoms with Crippen LogP contribution >= 0.6 is 0 Å². The van der Waals surface area contributed by atoms with Crippen LogP contribution in [0, 0.1) is 0 Å². The molecule has 2 amide bonds. The molecule has 0 aliphatic carbocycles. The lowest BCUT2D eigenvalue weighted by Crippen LogP contribution is -2.50. The molecule has 0 unspecified atom stereocenters. The van der Waals surface area contributed by atoms with Crippen LogP contribution in [0.5, 0.6) is 11.5 Å². The van der Waals surface area contributed by atoms with Gasteiger partial charge in [0.1, 0.15) is 17.5 Å². The van der Waals surface area contributed by atoms with Crippen LogP contribution in [0.4, 0.5) is 0 Å². The summed E-state index contributed by atoms with van der Waals surface area (Å²) in [5.74, 6) is 0.989. The summed E-state index contributed by atoms with van der Waals surface area (Å²) in [6.07, 6.45) is 0.817. The van der Waals surface area contributed by atoms with Gasteiger partial charge in [-0.25, -0.2) is 0 Å². The molecule has 0 spiro atoms. The van der Waals surface area contributed by atoms with Crippen LogP contribution in [0.25, 0.3) is 0 Å². The molecule has 0 aliphatic heterocycles. The minimum Gasteiger partial charge on any atom is -0.497 e. The van der Waals surface area contributed by atoms with Crippen LogP contribution in [0.15, 0.2) is 48.5 Å². The summed E-state index contributed by atoms with van der Waals surface area (Å²) in [5.41, 5.74) is 1.82. The lowest BCUT2D eigenvalue weighted by Gasteiger charge is -2.30. The largest absolute Gasteiger partial charge is 0.497 e. The highest BCUT2D eigenvalue weighted by Crippen LogP contribution is 2.31. The molecular formula is C27H38N2O4. The fourth-order valence-corrected chi connectivity index (χ4v) is 3.41. The number of carbonyl (C=O) groups excluding carboxylic acids is 2. The molecule has 0 aromatic heterocycles. The Morgan fingerprint density at radius 3 is 2.24 bits per heavy atom. The topological polar surface area (TPSA) is 67.9 Å². The van der Waals surface area contributed by atoms with Crippen LogP contribution in [0.3, 0.4) is 0 Å². The van der Waals surface area contributed by atoms with Crippen molar-refractivity contribution in [2.45, 2.75) is 72.0 Å². The van der Waals surface area contributed by atoms with E-state index in [1.165, 1.54) is 0 Å². The predicted molar refractivity (Wildman–Crippen MR) is 132 cm³/mol. The zero-order valence-corrected chi connectivity index (χ0v) is 21.0. The third-order valence-electron chi connectivity index (χ3n) is 5.73. The van der Waals surface area contributed by atoms with Crippen LogP contribution in [-0.4, -0.2) is 42.5 Å². The zero-order chi connectivity index (χ0) is 24.6. The van der Waals surface area contributed by atoms with Crippen molar-refractivity contribution in [3.63, 3.8) is 0 Å². The van der Waals surface area contributed by atoms with E-state index in [9.17, 15) is 9.59 Å². The van der Waals surface area contributed by atoms with E-state index >= 15 is 0 Å². The maximum Gasteiger partial charge on any atom is 0.261 e. The second-order valence-electron chi connectivity index (χ2n) is 9.40. The Kier molecular flexibility index (Phi) is 9.32. The molecule has 0 aliphatic rings. The Bertz CT molecular complexity index is 918. The summed E-state index contributed by atoms with van der Waals surface area (Å²) in [4.78, 5) is 27.7. The van der Waals surface area contributed by atoms with Crippen molar-refractivity contribution in [1.29, 1.82) is 0 Å². The van der Waals surface area contributed by atoms with E-state index in [4.69, 9.17) is 9.47 Å². The van der Waals surface area contributed by atoms with Crippen molar-refractivity contribution in [3.8, 4) is 11.5 Å². The molecule has 180 valence electrons. The quantitative estimate of drug-likeness (QED) is 0.565. The Labute approximate surface area is 198 Å². The number of nitrogens with zero attached hydrogens (tertiary/aromatic N) is 1. The fourth-order valence-electron chi connectivity index (χ4n) is 3.41. The van der Waals surface area contributed by atoms with Gasteiger partial charge in [0, 0.05) is 12.6 Å². The smallest absolute Gasteiger partial charge is 0.261 e. The molecule has 6 heteroatoms. The molecule has 0 radical (unpaired) electrons. The molecule has 0 fully saturated rings. The summed E-state index contributed by atoms with van der Waals surface area (Å²) in [6.45, 7) is 12.2. The molecule has 0 saturated carbocycles. The van der Waals surface area contributed by atoms with E-state index < -0.39 is 6.04 Å². The Morgan fingerprint density at radius 2 is 1.67 bits per heavy atom. The normalized spacial score (nSPS) is 13.1. The van der Waals surface area contributed by atoms with Gasteiger partial charge in [0.25, 0.3) is 5.91 Å². The lowest BCUT2D eigenvalue weighted by molar-refractivity contribution is -0.142. The van der Waals surface area contributed by atoms with Gasteiger partial charge < -0.3 is 19.7 Å². The van der Waals surface area contributed by atoms with Gasteiger partial charge in [0.2, 0.25) is 5.91 Å². The molecular weight excluding hydrogens is 416 g/mol. The van der Waals surface area contributed by atoms with Gasteiger partial charge in [0.05, 0.1) is 7.11 Å². The zero-order valence-electron chi connectivity index (χ0n) is 21.0. The number of hydrogen-bond donors (Lipinski definition) is 1. The van der Waals surface area contributed by atoms with Gasteiger partial charge in [-0.1, -0.05) is 58.0 Å². The van der Waals surface area contributed by atoms with Gasteiger partial charge in [0.15, 0.2) is 6.61 Å². The maximum atomic E-state index is 13.3. The first-order valence-electron chi connectivity index (χ1n) is 11.5. The van der Waals surface area contributed by atoms with Crippen molar-refractivity contribution < 1.29 is 19.1 Å². The molecule has 0 saturated heterocycles. The fraction of sp³-hybridized carbons (Fsp3) is 0.481. The lowest BCUT2D eigenvalue weighted by atomic mass is 9.86. The van der Waals surface area contributed by atoms with Crippen LogP contribution in [0.2, 0.25) is 0 Å². The SMILES string of the molecule is CC[C@H](C)NC(=O)[C@@H](C)N(Cc1ccc(OC)cc1)C(=O)COc1ccccc1C(C)(C)C. The highest BCUT2D eigenvalue weighted by Gasteiger charge is 2.28. The van der Waals surface area contributed by atoms with Gasteiger partial charge in [-0.15, -0.1) is 0 Å². The first-order chi connectivity index (χ1) is 15.6. The van der Waals surface area contributed by atoms with Crippen LogP contribution in [-0.2, 0) is 21.5 Å². The van der Waals surface area contributed by atoms with Crippen LogP contribution < -0.4 is 14.8 Å². The van der Waals surface area contributed by atoms with E-state index in [-0.39, 0.29) is 29.9 Å². The Hall–Kier alpha value is -3.02. The number of ether oxygens (including phenoxy) is 2. The number of benzene rings is 2. The molecule has 0 heterocycles. The number of amides is 2. The van der Waals surface area contributed by atoms with E-state index in [1.54, 1.807) is 18.9 Å². The standard InChI is InChI=1S/C27H38N2O4/c1-8-19(2)28-26(31)20(3)29(17-21-13-15-22(32-7)16-14-21)25(30)18-33-24-12-10-9-11-23(24)27(4,5)6/h9-16,19-20H,8,17-18H2,1-7H3,(H,28,31)/t19-,20+/m0/s1. The summed E-state index contributed by atoms with van der Waals surface area (Å²) in [5, 5.41) is 2.98. The van der Waals surface area contributed by atoms with Crippen molar-refractivity contribution in [2.75, 3.05) is 13.7 Å². The van der Waals surface area contributed by atoms with Crippen LogP contribution in [0.1, 0.15) is 59.1 Å². The first-order valence-corrected chi connectivity index (χ1v) is 11.5. The minimum absolute atomic E-state index is 0.0350. The molecule has 33 heavy (non-hydrogen) atoms. The van der Waals surface area contributed by atoms with E-state index in [0.29, 0.717) is 12.3 Å². The second-order valence-corrected chi connectivity index (χ2v) is 9.40. The number of methoxy groups -OCH3 is 1. The van der Waals surface area contributed by atoms with Crippen molar-refractivity contribution in [1.82, 2.24) is 10.2 Å². The maximum absolute atomic E-state index is 13.3. The summed E-state index contributed by atoms with van der Waals surface area (Å²) in [6, 6.07) is 14.6. The summed E-state index contributed by atoms with van der Waals surface area (Å²) >= 11 is 0. The molecule has 1 N–H and O–H groups in total. The van der Waals surface area contributed by atoms with E-state index in [2.05, 4.69) is 26.1 Å². The molecule has 2 rings (SSSR count). The van der Waals surface area contributed by atoms with E-state index in [1.807, 2.05) is 62.4 Å². The Balaban J connectivity index is 2.22. The first kappa shape index (κ1) is 26.2.